The third kappa shape index (κ3) is 3.49. The van der Waals surface area contributed by atoms with E-state index >= 15 is 0 Å². The predicted octanol–water partition coefficient (Wildman–Crippen LogP) is 4.27. The van der Waals surface area contributed by atoms with E-state index in [4.69, 9.17) is 23.2 Å². The summed E-state index contributed by atoms with van der Waals surface area (Å²) in [6.45, 7) is 4.64. The van der Waals surface area contributed by atoms with Crippen molar-refractivity contribution < 1.29 is 0 Å². The van der Waals surface area contributed by atoms with E-state index in [1.54, 1.807) is 18.2 Å². The topological polar surface area (TPSA) is 49.8 Å². The number of anilines is 3. The molecule has 4 nitrogen and oxygen atoms in total. The first-order valence-electron chi connectivity index (χ1n) is 5.90. The number of aryl methyl sites for hydroxylation is 1. The van der Waals surface area contributed by atoms with Gasteiger partial charge in [-0.05, 0) is 26.0 Å². The molecule has 0 bridgehead atoms. The van der Waals surface area contributed by atoms with Crippen LogP contribution in [0, 0.1) is 6.92 Å². The molecule has 0 saturated heterocycles. The molecule has 1 aromatic heterocycles. The Labute approximate surface area is 122 Å². The fraction of sp³-hybridized carbons (Fsp3) is 0.231. The number of para-hydroxylation sites is 1. The summed E-state index contributed by atoms with van der Waals surface area (Å²) in [5, 5.41) is 7.37. The van der Waals surface area contributed by atoms with Gasteiger partial charge in [0.25, 0.3) is 0 Å². The molecule has 0 unspecified atom stereocenters. The molecule has 0 saturated carbocycles. The van der Waals surface area contributed by atoms with Gasteiger partial charge in [-0.25, -0.2) is 9.97 Å². The fourth-order valence-corrected chi connectivity index (χ4v) is 2.14. The van der Waals surface area contributed by atoms with E-state index in [1.807, 2.05) is 19.9 Å². The SMILES string of the molecule is CCNc1cc(Nc2c(Cl)cccc2Cl)nc(C)n1. The lowest BCUT2D eigenvalue weighted by atomic mass is 10.3. The summed E-state index contributed by atoms with van der Waals surface area (Å²) >= 11 is 12.2. The van der Waals surface area contributed by atoms with Crippen LogP contribution in [0.2, 0.25) is 10.0 Å². The Balaban J connectivity index is 2.33. The van der Waals surface area contributed by atoms with Gasteiger partial charge in [-0.15, -0.1) is 0 Å². The smallest absolute Gasteiger partial charge is 0.136 e. The van der Waals surface area contributed by atoms with Crippen LogP contribution in [0.1, 0.15) is 12.7 Å². The molecular weight excluding hydrogens is 283 g/mol. The molecule has 1 aromatic carbocycles. The van der Waals surface area contributed by atoms with E-state index in [0.717, 1.165) is 12.4 Å². The van der Waals surface area contributed by atoms with E-state index in [-0.39, 0.29) is 0 Å². The van der Waals surface area contributed by atoms with E-state index < -0.39 is 0 Å². The van der Waals surface area contributed by atoms with Gasteiger partial charge in [0.05, 0.1) is 15.7 Å². The van der Waals surface area contributed by atoms with Gasteiger partial charge in [0.15, 0.2) is 0 Å². The van der Waals surface area contributed by atoms with Crippen LogP contribution in [-0.4, -0.2) is 16.5 Å². The first-order chi connectivity index (χ1) is 9.10. The van der Waals surface area contributed by atoms with Crippen molar-refractivity contribution in [2.24, 2.45) is 0 Å². The number of benzene rings is 1. The highest BCUT2D eigenvalue weighted by Crippen LogP contribution is 2.32. The highest BCUT2D eigenvalue weighted by molar-refractivity contribution is 6.39. The first kappa shape index (κ1) is 13.9. The largest absolute Gasteiger partial charge is 0.370 e. The zero-order chi connectivity index (χ0) is 13.8. The molecule has 0 spiro atoms. The van der Waals surface area contributed by atoms with Gasteiger partial charge >= 0.3 is 0 Å². The quantitative estimate of drug-likeness (QED) is 0.885. The third-order valence-corrected chi connectivity index (χ3v) is 3.04. The molecule has 6 heteroatoms. The lowest BCUT2D eigenvalue weighted by Gasteiger charge is -2.11. The van der Waals surface area contributed by atoms with E-state index in [9.17, 15) is 0 Å². The van der Waals surface area contributed by atoms with E-state index in [1.165, 1.54) is 0 Å². The Kier molecular flexibility index (Phi) is 4.45. The number of aromatic nitrogens is 2. The monoisotopic (exact) mass is 296 g/mol. The maximum absolute atomic E-state index is 6.11. The zero-order valence-corrected chi connectivity index (χ0v) is 12.2. The fourth-order valence-electron chi connectivity index (χ4n) is 1.65. The second kappa shape index (κ2) is 6.08. The molecule has 2 N–H and O–H groups in total. The van der Waals surface area contributed by atoms with Crippen LogP contribution in [0.25, 0.3) is 0 Å². The first-order valence-corrected chi connectivity index (χ1v) is 6.66. The van der Waals surface area contributed by atoms with Crippen molar-refractivity contribution in [2.45, 2.75) is 13.8 Å². The van der Waals surface area contributed by atoms with Crippen LogP contribution in [0.3, 0.4) is 0 Å². The maximum Gasteiger partial charge on any atom is 0.136 e. The lowest BCUT2D eigenvalue weighted by molar-refractivity contribution is 1.04. The van der Waals surface area contributed by atoms with Crippen LogP contribution in [0.4, 0.5) is 17.3 Å². The van der Waals surface area contributed by atoms with Gasteiger partial charge in [0.1, 0.15) is 17.5 Å². The van der Waals surface area contributed by atoms with E-state index in [2.05, 4.69) is 20.6 Å². The minimum Gasteiger partial charge on any atom is -0.370 e. The Morgan fingerprint density at radius 3 is 2.37 bits per heavy atom. The molecule has 0 amide bonds. The number of rotatable bonds is 4. The molecule has 0 aliphatic rings. The van der Waals surface area contributed by atoms with Crippen molar-refractivity contribution in [1.82, 2.24) is 9.97 Å². The molecule has 100 valence electrons. The van der Waals surface area contributed by atoms with Crippen molar-refractivity contribution in [3.8, 4) is 0 Å². The maximum atomic E-state index is 6.11. The molecule has 19 heavy (non-hydrogen) atoms. The minimum atomic E-state index is 0.550. The summed E-state index contributed by atoms with van der Waals surface area (Å²) in [5.41, 5.74) is 0.645. The normalized spacial score (nSPS) is 10.3. The second-order valence-electron chi connectivity index (χ2n) is 3.94. The third-order valence-electron chi connectivity index (χ3n) is 2.41. The van der Waals surface area contributed by atoms with Gasteiger partial charge in [0.2, 0.25) is 0 Å². The molecule has 0 fully saturated rings. The highest BCUT2D eigenvalue weighted by atomic mass is 35.5. The molecule has 2 aromatic rings. The van der Waals surface area contributed by atoms with Crippen LogP contribution in [0.5, 0.6) is 0 Å². The van der Waals surface area contributed by atoms with Crippen LogP contribution in [0.15, 0.2) is 24.3 Å². The molecule has 1 heterocycles. The summed E-state index contributed by atoms with van der Waals surface area (Å²) in [7, 11) is 0. The summed E-state index contributed by atoms with van der Waals surface area (Å²) in [6, 6.07) is 7.16. The van der Waals surface area contributed by atoms with Crippen LogP contribution in [-0.2, 0) is 0 Å². The van der Waals surface area contributed by atoms with Gasteiger partial charge in [-0.3, -0.25) is 0 Å². The average molecular weight is 297 g/mol. The van der Waals surface area contributed by atoms with Crippen LogP contribution >= 0.6 is 23.2 Å². The van der Waals surface area contributed by atoms with Gasteiger partial charge < -0.3 is 10.6 Å². The number of hydrogen-bond donors (Lipinski definition) is 2. The highest BCUT2D eigenvalue weighted by Gasteiger charge is 2.08. The molecule has 0 atom stereocenters. The molecule has 0 aliphatic carbocycles. The number of hydrogen-bond acceptors (Lipinski definition) is 4. The Morgan fingerprint density at radius 2 is 1.74 bits per heavy atom. The Morgan fingerprint density at radius 1 is 1.11 bits per heavy atom. The summed E-state index contributed by atoms with van der Waals surface area (Å²) < 4.78 is 0. The summed E-state index contributed by atoms with van der Waals surface area (Å²) in [5.74, 6) is 2.09. The number of nitrogens with zero attached hydrogens (tertiary/aromatic N) is 2. The van der Waals surface area contributed by atoms with Crippen molar-refractivity contribution in [1.29, 1.82) is 0 Å². The predicted molar refractivity (Wildman–Crippen MR) is 80.7 cm³/mol. The van der Waals surface area contributed by atoms with Crippen molar-refractivity contribution in [2.75, 3.05) is 17.2 Å². The van der Waals surface area contributed by atoms with E-state index in [0.29, 0.717) is 27.4 Å². The minimum absolute atomic E-state index is 0.550. The van der Waals surface area contributed by atoms with Crippen LogP contribution < -0.4 is 10.6 Å². The Bertz CT molecular complexity index is 567. The van der Waals surface area contributed by atoms with Gasteiger partial charge in [-0.1, -0.05) is 29.3 Å². The van der Waals surface area contributed by atoms with Crippen molar-refractivity contribution >= 4 is 40.5 Å². The number of nitrogens with one attached hydrogen (secondary N) is 2. The van der Waals surface area contributed by atoms with Crippen molar-refractivity contribution in [3.63, 3.8) is 0 Å². The van der Waals surface area contributed by atoms with Crippen molar-refractivity contribution in [3.05, 3.63) is 40.1 Å². The number of halogens is 2. The lowest BCUT2D eigenvalue weighted by Crippen LogP contribution is -2.04. The Hall–Kier alpha value is -1.52. The summed E-state index contributed by atoms with van der Waals surface area (Å²) in [4.78, 5) is 8.60. The average Bonchev–Trinajstić information content (AvgIpc) is 2.34. The molecular formula is C13H14Cl2N4. The second-order valence-corrected chi connectivity index (χ2v) is 4.75. The molecule has 0 radical (unpaired) electrons. The zero-order valence-electron chi connectivity index (χ0n) is 10.7. The summed E-state index contributed by atoms with van der Waals surface area (Å²) in [6.07, 6.45) is 0. The van der Waals surface area contributed by atoms with Gasteiger partial charge in [-0.2, -0.15) is 0 Å². The standard InChI is InChI=1S/C13H14Cl2N4/c1-3-16-11-7-12(18-8(2)17-11)19-13-9(14)5-4-6-10(13)15/h4-7H,3H2,1-2H3,(H2,16,17,18,19). The molecule has 0 aliphatic heterocycles. The van der Waals surface area contributed by atoms with Gasteiger partial charge in [0, 0.05) is 12.6 Å². The molecule has 2 rings (SSSR count).